The predicted octanol–water partition coefficient (Wildman–Crippen LogP) is 3.93. The standard InChI is InChI=1S/C20H23NO4S2/c1-13-10-16(14(2)21(13)3)17(22)11-25-19(23)12-24-18-7-5-4-6-15(18)20-26-8-9-27-20/h4-7,10,20H,8-9,11-12H2,1-3H3. The molecule has 144 valence electrons. The zero-order valence-corrected chi connectivity index (χ0v) is 17.3. The third-order valence-corrected chi connectivity index (χ3v) is 7.65. The Morgan fingerprint density at radius 1 is 1.15 bits per heavy atom. The Hall–Kier alpha value is -1.86. The number of ketones is 1. The van der Waals surface area contributed by atoms with Crippen molar-refractivity contribution in [3.05, 3.63) is 52.8 Å². The van der Waals surface area contributed by atoms with Crippen molar-refractivity contribution in [2.75, 3.05) is 24.7 Å². The lowest BCUT2D eigenvalue weighted by molar-refractivity contribution is -0.144. The summed E-state index contributed by atoms with van der Waals surface area (Å²) in [7, 11) is 1.90. The number of rotatable bonds is 7. The lowest BCUT2D eigenvalue weighted by Gasteiger charge is -2.14. The van der Waals surface area contributed by atoms with Gasteiger partial charge in [-0.25, -0.2) is 4.79 Å². The third-order valence-electron chi connectivity index (χ3n) is 4.58. The number of nitrogens with zero attached hydrogens (tertiary/aromatic N) is 1. The Labute approximate surface area is 167 Å². The topological polar surface area (TPSA) is 57.5 Å². The van der Waals surface area contributed by atoms with Gasteiger partial charge in [0.25, 0.3) is 0 Å². The summed E-state index contributed by atoms with van der Waals surface area (Å²) >= 11 is 3.76. The van der Waals surface area contributed by atoms with Gasteiger partial charge in [-0.3, -0.25) is 4.79 Å². The second-order valence-corrected chi connectivity index (χ2v) is 9.05. The average molecular weight is 406 g/mol. The lowest BCUT2D eigenvalue weighted by Crippen LogP contribution is -2.20. The van der Waals surface area contributed by atoms with Gasteiger partial charge in [-0.1, -0.05) is 18.2 Å². The number of aryl methyl sites for hydroxylation is 1. The first-order chi connectivity index (χ1) is 13.0. The number of carbonyl (C=O) groups is 2. The SMILES string of the molecule is Cc1cc(C(=O)COC(=O)COc2ccccc2C2SCCS2)c(C)n1C. The quantitative estimate of drug-likeness (QED) is 0.514. The van der Waals surface area contributed by atoms with E-state index in [-0.39, 0.29) is 19.0 Å². The molecule has 0 saturated carbocycles. The van der Waals surface area contributed by atoms with Gasteiger partial charge in [0.05, 0.1) is 4.58 Å². The number of thioether (sulfide) groups is 2. The van der Waals surface area contributed by atoms with E-state index in [4.69, 9.17) is 9.47 Å². The molecule has 2 aromatic rings. The average Bonchev–Trinajstić information content (AvgIpc) is 3.29. The molecule has 0 radical (unpaired) electrons. The molecule has 0 unspecified atom stereocenters. The molecule has 1 aromatic carbocycles. The van der Waals surface area contributed by atoms with Gasteiger partial charge in [0, 0.05) is 41.1 Å². The summed E-state index contributed by atoms with van der Waals surface area (Å²) in [6.45, 7) is 3.32. The molecule has 0 bridgehead atoms. The molecule has 0 amide bonds. The molecule has 0 aliphatic carbocycles. The van der Waals surface area contributed by atoms with Crippen LogP contribution in [0.4, 0.5) is 0 Å². The van der Waals surface area contributed by atoms with Crippen molar-refractivity contribution in [2.45, 2.75) is 18.4 Å². The van der Waals surface area contributed by atoms with Crippen LogP contribution in [0.2, 0.25) is 0 Å². The van der Waals surface area contributed by atoms with Gasteiger partial charge in [0.15, 0.2) is 13.2 Å². The number of para-hydroxylation sites is 1. The van der Waals surface area contributed by atoms with Crippen molar-refractivity contribution in [1.82, 2.24) is 4.57 Å². The summed E-state index contributed by atoms with van der Waals surface area (Å²) in [6, 6.07) is 9.57. The Morgan fingerprint density at radius 2 is 1.85 bits per heavy atom. The number of carbonyl (C=O) groups excluding carboxylic acids is 2. The number of hydrogen-bond donors (Lipinski definition) is 0. The van der Waals surface area contributed by atoms with Gasteiger partial charge in [-0.2, -0.15) is 0 Å². The van der Waals surface area contributed by atoms with Crippen LogP contribution >= 0.6 is 23.5 Å². The van der Waals surface area contributed by atoms with Crippen LogP contribution in [-0.4, -0.2) is 41.0 Å². The van der Waals surface area contributed by atoms with E-state index in [9.17, 15) is 9.59 Å². The number of benzene rings is 1. The number of Topliss-reactive ketones (excluding diaryl/α,β-unsaturated/α-hetero) is 1. The molecule has 2 heterocycles. The van der Waals surface area contributed by atoms with Crippen molar-refractivity contribution in [3.8, 4) is 5.75 Å². The largest absolute Gasteiger partial charge is 0.482 e. The summed E-state index contributed by atoms with van der Waals surface area (Å²) in [5.41, 5.74) is 3.53. The van der Waals surface area contributed by atoms with Crippen molar-refractivity contribution < 1.29 is 19.1 Å². The van der Waals surface area contributed by atoms with Crippen molar-refractivity contribution in [3.63, 3.8) is 0 Å². The van der Waals surface area contributed by atoms with Crippen LogP contribution < -0.4 is 4.74 Å². The first-order valence-electron chi connectivity index (χ1n) is 8.74. The molecule has 0 atom stereocenters. The summed E-state index contributed by atoms with van der Waals surface area (Å²) in [6.07, 6.45) is 0. The first-order valence-corrected chi connectivity index (χ1v) is 10.8. The zero-order chi connectivity index (χ0) is 19.4. The van der Waals surface area contributed by atoms with Crippen LogP contribution in [0, 0.1) is 13.8 Å². The molecule has 0 N–H and O–H groups in total. The summed E-state index contributed by atoms with van der Waals surface area (Å²) in [5, 5.41) is 0. The van der Waals surface area contributed by atoms with Crippen LogP contribution in [0.5, 0.6) is 5.75 Å². The van der Waals surface area contributed by atoms with Gasteiger partial charge in [-0.05, 0) is 26.0 Å². The van der Waals surface area contributed by atoms with E-state index in [1.54, 1.807) is 0 Å². The van der Waals surface area contributed by atoms with E-state index in [0.29, 0.717) is 15.9 Å². The number of ether oxygens (including phenoxy) is 2. The van der Waals surface area contributed by atoms with Gasteiger partial charge in [0.2, 0.25) is 5.78 Å². The van der Waals surface area contributed by atoms with Crippen LogP contribution in [0.15, 0.2) is 30.3 Å². The molecule has 3 rings (SSSR count). The van der Waals surface area contributed by atoms with Gasteiger partial charge < -0.3 is 14.0 Å². The molecule has 5 nitrogen and oxygen atoms in total. The van der Waals surface area contributed by atoms with E-state index in [1.165, 1.54) is 0 Å². The lowest BCUT2D eigenvalue weighted by atomic mass is 10.1. The minimum Gasteiger partial charge on any atom is -0.482 e. The maximum atomic E-state index is 12.3. The highest BCUT2D eigenvalue weighted by Crippen LogP contribution is 2.48. The Balaban J connectivity index is 1.53. The summed E-state index contributed by atoms with van der Waals surface area (Å²) in [4.78, 5) is 24.3. The van der Waals surface area contributed by atoms with Crippen molar-refractivity contribution in [1.29, 1.82) is 0 Å². The predicted molar refractivity (Wildman–Crippen MR) is 110 cm³/mol. The monoisotopic (exact) mass is 405 g/mol. The smallest absolute Gasteiger partial charge is 0.344 e. The Bertz CT molecular complexity index is 841. The molecule has 1 aliphatic heterocycles. The van der Waals surface area contributed by atoms with Crippen LogP contribution in [-0.2, 0) is 16.6 Å². The molecule has 1 aliphatic rings. The maximum Gasteiger partial charge on any atom is 0.344 e. The van der Waals surface area contributed by atoms with Crippen LogP contribution in [0.25, 0.3) is 0 Å². The van der Waals surface area contributed by atoms with Crippen molar-refractivity contribution >= 4 is 35.3 Å². The molecule has 27 heavy (non-hydrogen) atoms. The van der Waals surface area contributed by atoms with Crippen LogP contribution in [0.3, 0.4) is 0 Å². The summed E-state index contributed by atoms with van der Waals surface area (Å²) < 4.78 is 13.1. The number of aromatic nitrogens is 1. The molecular weight excluding hydrogens is 382 g/mol. The Kier molecular flexibility index (Phi) is 6.55. The van der Waals surface area contributed by atoms with E-state index >= 15 is 0 Å². The first kappa shape index (κ1) is 19.9. The fraction of sp³-hybridized carbons (Fsp3) is 0.400. The third kappa shape index (κ3) is 4.71. The van der Waals surface area contributed by atoms with E-state index in [2.05, 4.69) is 0 Å². The summed E-state index contributed by atoms with van der Waals surface area (Å²) in [5.74, 6) is 2.18. The second kappa shape index (κ2) is 8.89. The van der Waals surface area contributed by atoms with Crippen molar-refractivity contribution in [2.24, 2.45) is 7.05 Å². The number of hydrogen-bond acceptors (Lipinski definition) is 6. The molecule has 1 fully saturated rings. The fourth-order valence-corrected chi connectivity index (χ4v) is 5.79. The molecule has 7 heteroatoms. The van der Waals surface area contributed by atoms with Gasteiger partial charge in [0.1, 0.15) is 5.75 Å². The van der Waals surface area contributed by atoms with Gasteiger partial charge in [-0.15, -0.1) is 23.5 Å². The fourth-order valence-electron chi connectivity index (χ4n) is 2.88. The molecular formula is C20H23NO4S2. The van der Waals surface area contributed by atoms with E-state index in [0.717, 1.165) is 28.5 Å². The normalized spacial score (nSPS) is 14.3. The highest BCUT2D eigenvalue weighted by molar-refractivity contribution is 8.19. The highest BCUT2D eigenvalue weighted by Gasteiger charge is 2.22. The van der Waals surface area contributed by atoms with E-state index in [1.807, 2.05) is 79.3 Å². The molecule has 0 spiro atoms. The van der Waals surface area contributed by atoms with Gasteiger partial charge >= 0.3 is 5.97 Å². The highest BCUT2D eigenvalue weighted by atomic mass is 32.2. The van der Waals surface area contributed by atoms with Crippen LogP contribution in [0.1, 0.15) is 31.9 Å². The number of esters is 1. The Morgan fingerprint density at radius 3 is 2.52 bits per heavy atom. The van der Waals surface area contributed by atoms with E-state index < -0.39 is 5.97 Å². The maximum absolute atomic E-state index is 12.3. The molecule has 1 aromatic heterocycles. The minimum atomic E-state index is -0.546. The molecule has 1 saturated heterocycles. The minimum absolute atomic E-state index is 0.205. The second-order valence-electron chi connectivity index (χ2n) is 6.33. The zero-order valence-electron chi connectivity index (χ0n) is 15.7.